The summed E-state index contributed by atoms with van der Waals surface area (Å²) < 4.78 is 22.9. The van der Waals surface area contributed by atoms with Crippen LogP contribution in [0.25, 0.3) is 0 Å². The van der Waals surface area contributed by atoms with Crippen LogP contribution in [0.2, 0.25) is 0 Å². The lowest BCUT2D eigenvalue weighted by Crippen LogP contribution is -2.20. The van der Waals surface area contributed by atoms with Crippen molar-refractivity contribution in [2.75, 3.05) is 19.0 Å². The Labute approximate surface area is 126 Å². The first-order chi connectivity index (χ1) is 10.6. The second-order valence-corrected chi connectivity index (χ2v) is 4.37. The first kappa shape index (κ1) is 15.5. The van der Waals surface area contributed by atoms with Crippen molar-refractivity contribution in [3.8, 4) is 5.75 Å². The third-order valence-electron chi connectivity index (χ3n) is 2.73. The first-order valence-electron chi connectivity index (χ1n) is 6.45. The molecule has 0 aliphatic rings. The number of ether oxygens (including phenoxy) is 2. The van der Waals surface area contributed by atoms with Crippen LogP contribution in [0.5, 0.6) is 5.75 Å². The van der Waals surface area contributed by atoms with E-state index in [4.69, 9.17) is 4.74 Å². The van der Waals surface area contributed by atoms with Gasteiger partial charge in [-0.3, -0.25) is 4.79 Å². The predicted molar refractivity (Wildman–Crippen MR) is 78.3 cm³/mol. The topological polar surface area (TPSA) is 64.6 Å². The molecule has 0 unspecified atom stereocenters. The zero-order valence-corrected chi connectivity index (χ0v) is 11.8. The molecule has 1 N–H and O–H groups in total. The molecule has 2 aromatic rings. The zero-order chi connectivity index (χ0) is 15.9. The molecule has 5 nitrogen and oxygen atoms in total. The lowest BCUT2D eigenvalue weighted by Gasteiger charge is -2.08. The predicted octanol–water partition coefficient (Wildman–Crippen LogP) is 2.63. The maximum Gasteiger partial charge on any atom is 0.337 e. The lowest BCUT2D eigenvalue weighted by molar-refractivity contribution is -0.118. The van der Waals surface area contributed by atoms with Gasteiger partial charge in [-0.2, -0.15) is 0 Å². The maximum atomic E-state index is 13.0. The quantitative estimate of drug-likeness (QED) is 0.862. The van der Waals surface area contributed by atoms with Crippen molar-refractivity contribution in [2.45, 2.75) is 0 Å². The van der Waals surface area contributed by atoms with Gasteiger partial charge >= 0.3 is 5.97 Å². The molecule has 0 aliphatic heterocycles. The molecule has 0 atom stereocenters. The fourth-order valence-corrected chi connectivity index (χ4v) is 1.74. The molecule has 2 aromatic carbocycles. The minimum Gasteiger partial charge on any atom is -0.484 e. The Morgan fingerprint density at radius 3 is 2.64 bits per heavy atom. The van der Waals surface area contributed by atoms with Gasteiger partial charge in [0.05, 0.1) is 12.7 Å². The van der Waals surface area contributed by atoms with Gasteiger partial charge in [0.15, 0.2) is 6.61 Å². The van der Waals surface area contributed by atoms with Gasteiger partial charge in [0.25, 0.3) is 5.91 Å². The fraction of sp³-hybridized carbons (Fsp3) is 0.125. The highest BCUT2D eigenvalue weighted by atomic mass is 19.1. The summed E-state index contributed by atoms with van der Waals surface area (Å²) in [5.41, 5.74) is 0.669. The highest BCUT2D eigenvalue weighted by Crippen LogP contribution is 2.14. The van der Waals surface area contributed by atoms with Crippen molar-refractivity contribution in [2.24, 2.45) is 0 Å². The maximum absolute atomic E-state index is 13.0. The van der Waals surface area contributed by atoms with Gasteiger partial charge in [-0.1, -0.05) is 12.1 Å². The molecular formula is C16H14FNO4. The zero-order valence-electron chi connectivity index (χ0n) is 11.8. The Kier molecular flexibility index (Phi) is 5.08. The van der Waals surface area contributed by atoms with E-state index in [2.05, 4.69) is 10.1 Å². The van der Waals surface area contributed by atoms with Crippen LogP contribution in [-0.4, -0.2) is 25.6 Å². The summed E-state index contributed by atoms with van der Waals surface area (Å²) in [4.78, 5) is 23.1. The van der Waals surface area contributed by atoms with Crippen molar-refractivity contribution >= 4 is 17.6 Å². The van der Waals surface area contributed by atoms with E-state index in [1.54, 1.807) is 24.3 Å². The van der Waals surface area contributed by atoms with E-state index in [0.29, 0.717) is 17.0 Å². The van der Waals surface area contributed by atoms with Gasteiger partial charge in [0, 0.05) is 5.69 Å². The van der Waals surface area contributed by atoms with Crippen molar-refractivity contribution in [3.63, 3.8) is 0 Å². The summed E-state index contributed by atoms with van der Waals surface area (Å²) in [5, 5.41) is 2.51. The molecule has 0 saturated carbocycles. The molecule has 0 spiro atoms. The van der Waals surface area contributed by atoms with Crippen LogP contribution in [0, 0.1) is 5.82 Å². The largest absolute Gasteiger partial charge is 0.484 e. The number of carbonyl (C=O) groups is 2. The summed E-state index contributed by atoms with van der Waals surface area (Å²) >= 11 is 0. The summed E-state index contributed by atoms with van der Waals surface area (Å²) in [5.74, 6) is -1.01. The number of esters is 1. The molecule has 1 amide bonds. The van der Waals surface area contributed by atoms with E-state index >= 15 is 0 Å². The average molecular weight is 303 g/mol. The normalized spacial score (nSPS) is 9.91. The first-order valence-corrected chi connectivity index (χ1v) is 6.45. The summed E-state index contributed by atoms with van der Waals surface area (Å²) in [6.07, 6.45) is 0. The number of carbonyl (C=O) groups excluding carboxylic acids is 2. The highest BCUT2D eigenvalue weighted by Gasteiger charge is 2.08. The third kappa shape index (κ3) is 4.31. The van der Waals surface area contributed by atoms with Crippen LogP contribution >= 0.6 is 0 Å². The SMILES string of the molecule is COC(=O)c1cccc(OCC(=O)Nc2cccc(F)c2)c1. The molecule has 2 rings (SSSR count). The third-order valence-corrected chi connectivity index (χ3v) is 2.73. The van der Waals surface area contributed by atoms with E-state index < -0.39 is 17.7 Å². The Morgan fingerprint density at radius 1 is 1.14 bits per heavy atom. The molecule has 0 bridgehead atoms. The van der Waals surface area contributed by atoms with E-state index in [-0.39, 0.29) is 6.61 Å². The second-order valence-electron chi connectivity index (χ2n) is 4.37. The minimum absolute atomic E-state index is 0.263. The Hall–Kier alpha value is -2.89. The number of anilines is 1. The smallest absolute Gasteiger partial charge is 0.337 e. The molecule has 0 heterocycles. The highest BCUT2D eigenvalue weighted by molar-refractivity contribution is 5.92. The van der Waals surface area contributed by atoms with E-state index in [9.17, 15) is 14.0 Å². The summed E-state index contributed by atoms with van der Waals surface area (Å²) in [6, 6.07) is 11.8. The fourth-order valence-electron chi connectivity index (χ4n) is 1.74. The number of nitrogens with one attached hydrogen (secondary N) is 1. The number of halogens is 1. The van der Waals surface area contributed by atoms with Crippen molar-refractivity contribution in [1.29, 1.82) is 0 Å². The monoisotopic (exact) mass is 303 g/mol. The van der Waals surface area contributed by atoms with Gasteiger partial charge in [-0.25, -0.2) is 9.18 Å². The van der Waals surface area contributed by atoms with Crippen LogP contribution in [0.1, 0.15) is 10.4 Å². The molecule has 0 saturated heterocycles. The number of hydrogen-bond acceptors (Lipinski definition) is 4. The second kappa shape index (κ2) is 7.21. The Morgan fingerprint density at radius 2 is 1.91 bits per heavy atom. The summed E-state index contributed by atoms with van der Waals surface area (Å²) in [7, 11) is 1.28. The number of methoxy groups -OCH3 is 1. The molecule has 22 heavy (non-hydrogen) atoms. The van der Waals surface area contributed by atoms with Gasteiger partial charge < -0.3 is 14.8 Å². The van der Waals surface area contributed by atoms with Crippen molar-refractivity contribution < 1.29 is 23.5 Å². The lowest BCUT2D eigenvalue weighted by atomic mass is 10.2. The number of hydrogen-bond donors (Lipinski definition) is 1. The molecule has 0 aromatic heterocycles. The molecular weight excluding hydrogens is 289 g/mol. The summed E-state index contributed by atoms with van der Waals surface area (Å²) in [6.45, 7) is -0.263. The van der Waals surface area contributed by atoms with Crippen LogP contribution in [0.4, 0.5) is 10.1 Å². The van der Waals surface area contributed by atoms with Crippen LogP contribution in [0.15, 0.2) is 48.5 Å². The van der Waals surface area contributed by atoms with Crippen LogP contribution in [0.3, 0.4) is 0 Å². The van der Waals surface area contributed by atoms with Crippen LogP contribution in [-0.2, 0) is 9.53 Å². The molecule has 6 heteroatoms. The standard InChI is InChI=1S/C16H14FNO4/c1-21-16(20)11-4-2-7-14(8-11)22-10-15(19)18-13-6-3-5-12(17)9-13/h2-9H,10H2,1H3,(H,18,19). The number of amides is 1. The molecule has 0 aliphatic carbocycles. The molecule has 0 fully saturated rings. The Bertz CT molecular complexity index is 687. The minimum atomic E-state index is -0.491. The van der Waals surface area contributed by atoms with Gasteiger partial charge in [0.1, 0.15) is 11.6 Å². The Balaban J connectivity index is 1.92. The van der Waals surface area contributed by atoms with Crippen molar-refractivity contribution in [3.05, 3.63) is 59.9 Å². The number of benzene rings is 2. The average Bonchev–Trinajstić information content (AvgIpc) is 2.52. The van der Waals surface area contributed by atoms with E-state index in [1.807, 2.05) is 0 Å². The number of rotatable bonds is 5. The molecule has 0 radical (unpaired) electrons. The van der Waals surface area contributed by atoms with Crippen molar-refractivity contribution in [1.82, 2.24) is 0 Å². The van der Waals surface area contributed by atoms with E-state index in [1.165, 1.54) is 31.4 Å². The van der Waals surface area contributed by atoms with E-state index in [0.717, 1.165) is 0 Å². The van der Waals surface area contributed by atoms with Gasteiger partial charge in [-0.05, 0) is 36.4 Å². The van der Waals surface area contributed by atoms with Crippen LogP contribution < -0.4 is 10.1 Å². The van der Waals surface area contributed by atoms with Gasteiger partial charge in [0.2, 0.25) is 0 Å². The van der Waals surface area contributed by atoms with Gasteiger partial charge in [-0.15, -0.1) is 0 Å². The molecule has 114 valence electrons.